The molecule has 0 saturated heterocycles. The zero-order chi connectivity index (χ0) is 10.7. The maximum absolute atomic E-state index is 5.16. The summed E-state index contributed by atoms with van der Waals surface area (Å²) in [6.07, 6.45) is 3.30. The SMILES string of the molecule is CN=c1scc(C)n1N=Cc1ccco1. The smallest absolute Gasteiger partial charge is 0.205 e. The first kappa shape index (κ1) is 9.92. The molecule has 2 aromatic heterocycles. The van der Waals surface area contributed by atoms with E-state index in [9.17, 15) is 0 Å². The van der Waals surface area contributed by atoms with Gasteiger partial charge >= 0.3 is 0 Å². The van der Waals surface area contributed by atoms with Crippen LogP contribution in [0, 0.1) is 6.92 Å². The minimum absolute atomic E-state index is 0.732. The van der Waals surface area contributed by atoms with E-state index in [-0.39, 0.29) is 0 Å². The molecule has 0 aliphatic rings. The molecule has 0 bridgehead atoms. The van der Waals surface area contributed by atoms with Crippen molar-refractivity contribution in [2.75, 3.05) is 7.05 Å². The summed E-state index contributed by atoms with van der Waals surface area (Å²) in [6.45, 7) is 1.99. The summed E-state index contributed by atoms with van der Waals surface area (Å²) < 4.78 is 6.94. The molecular formula is C10H11N3OS. The van der Waals surface area contributed by atoms with Crippen LogP contribution in [0.5, 0.6) is 0 Å². The Hall–Kier alpha value is -1.62. The number of furan rings is 1. The fraction of sp³-hybridized carbons (Fsp3) is 0.200. The monoisotopic (exact) mass is 221 g/mol. The van der Waals surface area contributed by atoms with Gasteiger partial charge in [0.05, 0.1) is 18.2 Å². The molecule has 2 heterocycles. The molecule has 15 heavy (non-hydrogen) atoms. The van der Waals surface area contributed by atoms with Gasteiger partial charge in [-0.15, -0.1) is 11.3 Å². The summed E-state index contributed by atoms with van der Waals surface area (Å²) in [4.78, 5) is 5.00. The molecule has 0 spiro atoms. The molecule has 5 heteroatoms. The number of aromatic nitrogens is 1. The lowest BCUT2D eigenvalue weighted by Crippen LogP contribution is -2.11. The van der Waals surface area contributed by atoms with E-state index >= 15 is 0 Å². The fourth-order valence-corrected chi connectivity index (χ4v) is 1.93. The van der Waals surface area contributed by atoms with Crippen LogP contribution in [0.2, 0.25) is 0 Å². The van der Waals surface area contributed by atoms with Gasteiger partial charge in [0.1, 0.15) is 5.76 Å². The lowest BCUT2D eigenvalue weighted by Gasteiger charge is -1.94. The van der Waals surface area contributed by atoms with Crippen LogP contribution in [0.25, 0.3) is 0 Å². The van der Waals surface area contributed by atoms with Crippen molar-refractivity contribution in [1.82, 2.24) is 4.68 Å². The lowest BCUT2D eigenvalue weighted by atomic mass is 10.5. The van der Waals surface area contributed by atoms with Crippen molar-refractivity contribution in [3.8, 4) is 0 Å². The number of rotatable bonds is 2. The zero-order valence-electron chi connectivity index (χ0n) is 8.54. The molecular weight excluding hydrogens is 210 g/mol. The molecule has 0 saturated carbocycles. The van der Waals surface area contributed by atoms with Crippen LogP contribution in [-0.4, -0.2) is 17.9 Å². The highest BCUT2D eigenvalue weighted by atomic mass is 32.1. The Labute approximate surface area is 91.2 Å². The van der Waals surface area contributed by atoms with Gasteiger partial charge in [-0.25, -0.2) is 4.68 Å². The third-order valence-electron chi connectivity index (χ3n) is 1.89. The van der Waals surface area contributed by atoms with Crippen molar-refractivity contribution in [3.63, 3.8) is 0 Å². The van der Waals surface area contributed by atoms with Gasteiger partial charge < -0.3 is 4.42 Å². The van der Waals surface area contributed by atoms with Crippen LogP contribution in [0.15, 0.2) is 38.3 Å². The Morgan fingerprint density at radius 1 is 1.53 bits per heavy atom. The standard InChI is InChI=1S/C10H11N3OS/c1-8-7-15-10(11-2)13(8)12-6-9-4-3-5-14-9/h3-7H,1-2H3. The van der Waals surface area contributed by atoms with Gasteiger partial charge in [0.2, 0.25) is 4.80 Å². The normalized spacial score (nSPS) is 12.8. The van der Waals surface area contributed by atoms with Crippen molar-refractivity contribution in [2.45, 2.75) is 6.92 Å². The first-order chi connectivity index (χ1) is 7.31. The number of hydrogen-bond donors (Lipinski definition) is 0. The average Bonchev–Trinajstić information content (AvgIpc) is 2.84. The van der Waals surface area contributed by atoms with Crippen molar-refractivity contribution in [1.29, 1.82) is 0 Å². The molecule has 2 rings (SSSR count). The van der Waals surface area contributed by atoms with Gasteiger partial charge in [-0.3, -0.25) is 4.99 Å². The largest absolute Gasteiger partial charge is 0.463 e. The summed E-state index contributed by atoms with van der Waals surface area (Å²) in [5, 5.41) is 6.31. The van der Waals surface area contributed by atoms with E-state index in [1.54, 1.807) is 35.5 Å². The second-order valence-corrected chi connectivity index (χ2v) is 3.79. The van der Waals surface area contributed by atoms with Crippen LogP contribution in [0.1, 0.15) is 11.5 Å². The van der Waals surface area contributed by atoms with Crippen LogP contribution in [0.3, 0.4) is 0 Å². The molecule has 0 unspecified atom stereocenters. The second-order valence-electron chi connectivity index (χ2n) is 2.96. The fourth-order valence-electron chi connectivity index (χ4n) is 1.16. The molecule has 0 aromatic carbocycles. The summed E-state index contributed by atoms with van der Waals surface area (Å²) in [5.74, 6) is 0.732. The summed E-state index contributed by atoms with van der Waals surface area (Å²) in [7, 11) is 1.75. The molecule has 0 fully saturated rings. The topological polar surface area (TPSA) is 42.8 Å². The van der Waals surface area contributed by atoms with E-state index in [4.69, 9.17) is 4.42 Å². The van der Waals surface area contributed by atoms with Crippen molar-refractivity contribution in [3.05, 3.63) is 40.0 Å². The first-order valence-electron chi connectivity index (χ1n) is 4.49. The van der Waals surface area contributed by atoms with E-state index < -0.39 is 0 Å². The van der Waals surface area contributed by atoms with E-state index in [2.05, 4.69) is 10.1 Å². The molecule has 0 amide bonds. The van der Waals surface area contributed by atoms with Crippen molar-refractivity contribution in [2.24, 2.45) is 10.1 Å². The Morgan fingerprint density at radius 2 is 2.40 bits per heavy atom. The van der Waals surface area contributed by atoms with Gasteiger partial charge in [-0.2, -0.15) is 5.10 Å². The first-order valence-corrected chi connectivity index (χ1v) is 5.37. The van der Waals surface area contributed by atoms with Crippen LogP contribution < -0.4 is 4.80 Å². The van der Waals surface area contributed by atoms with Gasteiger partial charge in [0.15, 0.2) is 0 Å². The molecule has 2 aromatic rings. The summed E-state index contributed by atoms with van der Waals surface area (Å²) >= 11 is 1.57. The number of nitrogens with zero attached hydrogens (tertiary/aromatic N) is 3. The molecule has 0 radical (unpaired) electrons. The quantitative estimate of drug-likeness (QED) is 0.714. The summed E-state index contributed by atoms with van der Waals surface area (Å²) in [6, 6.07) is 3.69. The number of thiazole rings is 1. The highest BCUT2D eigenvalue weighted by molar-refractivity contribution is 7.07. The number of hydrogen-bond acceptors (Lipinski definition) is 4. The van der Waals surface area contributed by atoms with E-state index in [1.807, 2.05) is 24.4 Å². The van der Waals surface area contributed by atoms with Gasteiger partial charge in [-0.05, 0) is 19.1 Å². The van der Waals surface area contributed by atoms with Gasteiger partial charge in [-0.1, -0.05) is 0 Å². The molecule has 4 nitrogen and oxygen atoms in total. The average molecular weight is 221 g/mol. The Balaban J connectivity index is 2.35. The molecule has 0 aliphatic heterocycles. The third kappa shape index (κ3) is 2.07. The van der Waals surface area contributed by atoms with E-state index in [0.717, 1.165) is 16.3 Å². The van der Waals surface area contributed by atoms with Crippen LogP contribution in [0.4, 0.5) is 0 Å². The minimum Gasteiger partial charge on any atom is -0.463 e. The molecule has 0 aliphatic carbocycles. The predicted molar refractivity (Wildman–Crippen MR) is 60.2 cm³/mol. The van der Waals surface area contributed by atoms with Crippen molar-refractivity contribution < 1.29 is 4.42 Å². The highest BCUT2D eigenvalue weighted by Gasteiger charge is 1.97. The summed E-state index contributed by atoms with van der Waals surface area (Å²) in [5.41, 5.74) is 1.06. The maximum atomic E-state index is 5.16. The number of aryl methyl sites for hydroxylation is 1. The van der Waals surface area contributed by atoms with Crippen LogP contribution in [-0.2, 0) is 0 Å². The minimum atomic E-state index is 0.732. The zero-order valence-corrected chi connectivity index (χ0v) is 9.36. The predicted octanol–water partition coefficient (Wildman–Crippen LogP) is 1.86. The highest BCUT2D eigenvalue weighted by Crippen LogP contribution is 2.00. The van der Waals surface area contributed by atoms with E-state index in [0.29, 0.717) is 0 Å². The van der Waals surface area contributed by atoms with Gasteiger partial charge in [0.25, 0.3) is 0 Å². The Kier molecular flexibility index (Phi) is 2.82. The van der Waals surface area contributed by atoms with E-state index in [1.165, 1.54) is 0 Å². The second kappa shape index (κ2) is 4.27. The Morgan fingerprint density at radius 3 is 3.07 bits per heavy atom. The molecule has 0 N–H and O–H groups in total. The molecule has 0 atom stereocenters. The van der Waals surface area contributed by atoms with Crippen molar-refractivity contribution >= 4 is 17.6 Å². The van der Waals surface area contributed by atoms with Crippen LogP contribution >= 0.6 is 11.3 Å². The lowest BCUT2D eigenvalue weighted by molar-refractivity contribution is 0.559. The van der Waals surface area contributed by atoms with Gasteiger partial charge in [0, 0.05) is 12.4 Å². The third-order valence-corrected chi connectivity index (χ3v) is 2.91. The molecule has 78 valence electrons. The maximum Gasteiger partial charge on any atom is 0.205 e. The Bertz CT molecular complexity index is 519.